The molecule has 1 heterocycles. The number of hydrogen-bond acceptors (Lipinski definition) is 3. The summed E-state index contributed by atoms with van der Waals surface area (Å²) in [5.74, 6) is 0.778. The average molecular weight is 236 g/mol. The van der Waals surface area contributed by atoms with Crippen LogP contribution in [0.25, 0.3) is 0 Å². The molecule has 0 saturated heterocycles. The number of ether oxygens (including phenoxy) is 1. The molecule has 0 spiro atoms. The van der Waals surface area contributed by atoms with Crippen molar-refractivity contribution < 1.29 is 9.53 Å². The lowest BCUT2D eigenvalue weighted by Gasteiger charge is -2.36. The maximum Gasteiger partial charge on any atom is 0.197 e. The van der Waals surface area contributed by atoms with E-state index >= 15 is 0 Å². The van der Waals surface area contributed by atoms with Crippen LogP contribution >= 0.6 is 0 Å². The average Bonchev–Trinajstić information content (AvgIpc) is 2.76. The lowest BCUT2D eigenvalue weighted by atomic mass is 9.76. The fourth-order valence-corrected chi connectivity index (χ4v) is 2.55. The van der Waals surface area contributed by atoms with Gasteiger partial charge in [-0.15, -0.1) is 0 Å². The molecule has 1 saturated carbocycles. The molecule has 2 rings (SSSR count). The largest absolute Gasteiger partial charge is 0.370 e. The Kier molecular flexibility index (Phi) is 3.33. The number of aromatic nitrogens is 2. The van der Waals surface area contributed by atoms with Crippen molar-refractivity contribution in [1.82, 2.24) is 9.78 Å². The molecule has 1 fully saturated rings. The van der Waals surface area contributed by atoms with E-state index in [4.69, 9.17) is 4.74 Å². The highest BCUT2D eigenvalue weighted by Gasteiger charge is 2.41. The molecule has 0 bridgehead atoms. The van der Waals surface area contributed by atoms with Crippen LogP contribution in [-0.4, -0.2) is 28.3 Å². The molecule has 0 aromatic carbocycles. The van der Waals surface area contributed by atoms with Crippen LogP contribution in [0.15, 0.2) is 12.4 Å². The molecule has 4 heteroatoms. The number of rotatable bonds is 3. The van der Waals surface area contributed by atoms with Gasteiger partial charge in [0.05, 0.1) is 11.8 Å². The predicted molar refractivity (Wildman–Crippen MR) is 64.9 cm³/mol. The summed E-state index contributed by atoms with van der Waals surface area (Å²) >= 11 is 0. The topological polar surface area (TPSA) is 44.1 Å². The molecule has 17 heavy (non-hydrogen) atoms. The van der Waals surface area contributed by atoms with Crippen molar-refractivity contribution in [2.45, 2.75) is 38.2 Å². The Morgan fingerprint density at radius 3 is 2.65 bits per heavy atom. The van der Waals surface area contributed by atoms with E-state index in [9.17, 15) is 4.79 Å². The van der Waals surface area contributed by atoms with Gasteiger partial charge in [0, 0.05) is 20.4 Å². The van der Waals surface area contributed by atoms with Crippen LogP contribution in [-0.2, 0) is 11.8 Å². The van der Waals surface area contributed by atoms with Gasteiger partial charge in [-0.1, -0.05) is 6.92 Å². The SMILES string of the molecule is COC1(C(=O)c2cnn(C)c2)CCC(C)CC1. The molecule has 0 radical (unpaired) electrons. The maximum atomic E-state index is 12.5. The summed E-state index contributed by atoms with van der Waals surface area (Å²) in [7, 11) is 3.46. The number of hydrogen-bond donors (Lipinski definition) is 0. The zero-order chi connectivity index (χ0) is 12.5. The molecule has 0 atom stereocenters. The highest BCUT2D eigenvalue weighted by molar-refractivity contribution is 6.02. The first kappa shape index (κ1) is 12.3. The van der Waals surface area contributed by atoms with Crippen LogP contribution in [0, 0.1) is 5.92 Å². The van der Waals surface area contributed by atoms with E-state index < -0.39 is 5.60 Å². The maximum absolute atomic E-state index is 12.5. The summed E-state index contributed by atoms with van der Waals surface area (Å²) < 4.78 is 7.22. The van der Waals surface area contributed by atoms with Gasteiger partial charge in [0.1, 0.15) is 5.60 Å². The smallest absolute Gasteiger partial charge is 0.197 e. The van der Waals surface area contributed by atoms with Gasteiger partial charge in [0.15, 0.2) is 5.78 Å². The van der Waals surface area contributed by atoms with Crippen LogP contribution in [0.1, 0.15) is 43.0 Å². The van der Waals surface area contributed by atoms with Crippen LogP contribution in [0.4, 0.5) is 0 Å². The van der Waals surface area contributed by atoms with Crippen LogP contribution < -0.4 is 0 Å². The molecular formula is C13H20N2O2. The first-order valence-electron chi connectivity index (χ1n) is 6.16. The Morgan fingerprint density at radius 1 is 1.53 bits per heavy atom. The number of carbonyl (C=O) groups excluding carboxylic acids is 1. The third-order valence-electron chi connectivity index (χ3n) is 3.85. The van der Waals surface area contributed by atoms with Crippen molar-refractivity contribution in [1.29, 1.82) is 0 Å². The molecule has 4 nitrogen and oxygen atoms in total. The fourth-order valence-electron chi connectivity index (χ4n) is 2.55. The highest BCUT2D eigenvalue weighted by atomic mass is 16.5. The Labute approximate surface area is 102 Å². The second-order valence-electron chi connectivity index (χ2n) is 5.11. The zero-order valence-corrected chi connectivity index (χ0v) is 10.8. The summed E-state index contributed by atoms with van der Waals surface area (Å²) in [5, 5.41) is 4.05. The van der Waals surface area contributed by atoms with Crippen molar-refractivity contribution in [3.8, 4) is 0 Å². The van der Waals surface area contributed by atoms with Crippen molar-refractivity contribution >= 4 is 5.78 Å². The summed E-state index contributed by atoms with van der Waals surface area (Å²) in [6, 6.07) is 0. The molecule has 1 aliphatic carbocycles. The summed E-state index contributed by atoms with van der Waals surface area (Å²) in [5.41, 5.74) is 0.0409. The van der Waals surface area contributed by atoms with E-state index in [1.165, 1.54) is 0 Å². The summed E-state index contributed by atoms with van der Waals surface area (Å²) in [4.78, 5) is 12.5. The highest BCUT2D eigenvalue weighted by Crippen LogP contribution is 2.36. The zero-order valence-electron chi connectivity index (χ0n) is 10.8. The predicted octanol–water partition coefficient (Wildman–Crippen LogP) is 2.20. The third kappa shape index (κ3) is 2.27. The van der Waals surface area contributed by atoms with Crippen molar-refractivity contribution in [3.05, 3.63) is 18.0 Å². The molecule has 0 unspecified atom stereocenters. The Balaban J connectivity index is 2.21. The van der Waals surface area contributed by atoms with Gasteiger partial charge >= 0.3 is 0 Å². The number of methoxy groups -OCH3 is 1. The van der Waals surface area contributed by atoms with E-state index in [0.29, 0.717) is 11.5 Å². The van der Waals surface area contributed by atoms with Crippen LogP contribution in [0.5, 0.6) is 0 Å². The number of nitrogens with zero attached hydrogens (tertiary/aromatic N) is 2. The van der Waals surface area contributed by atoms with Gasteiger partial charge in [0.25, 0.3) is 0 Å². The minimum Gasteiger partial charge on any atom is -0.370 e. The summed E-state index contributed by atoms with van der Waals surface area (Å²) in [6.45, 7) is 2.23. The second kappa shape index (κ2) is 4.61. The van der Waals surface area contributed by atoms with Gasteiger partial charge < -0.3 is 4.74 Å². The standard InChI is InChI=1S/C13H20N2O2/c1-10-4-6-13(17-3,7-5-10)12(16)11-8-14-15(2)9-11/h8-10H,4-7H2,1-3H3. The van der Waals surface area contributed by atoms with Crippen molar-refractivity contribution in [2.24, 2.45) is 13.0 Å². The first-order valence-corrected chi connectivity index (χ1v) is 6.16. The molecule has 94 valence electrons. The molecule has 1 aromatic heterocycles. The molecular weight excluding hydrogens is 216 g/mol. The quantitative estimate of drug-likeness (QED) is 0.756. The van der Waals surface area contributed by atoms with E-state index in [-0.39, 0.29) is 5.78 Å². The van der Waals surface area contributed by atoms with Crippen LogP contribution in [0.3, 0.4) is 0 Å². The third-order valence-corrected chi connectivity index (χ3v) is 3.85. The van der Waals surface area contributed by atoms with Crippen LogP contribution in [0.2, 0.25) is 0 Å². The molecule has 1 aliphatic rings. The van der Waals surface area contributed by atoms with Crippen molar-refractivity contribution in [2.75, 3.05) is 7.11 Å². The Morgan fingerprint density at radius 2 is 2.18 bits per heavy atom. The molecule has 0 N–H and O–H groups in total. The lowest BCUT2D eigenvalue weighted by molar-refractivity contribution is -0.0263. The lowest BCUT2D eigenvalue weighted by Crippen LogP contribution is -2.43. The summed E-state index contributed by atoms with van der Waals surface area (Å²) in [6.07, 6.45) is 7.14. The van der Waals surface area contributed by atoms with Gasteiger partial charge in [-0.05, 0) is 31.6 Å². The number of aryl methyl sites for hydroxylation is 1. The molecule has 1 aromatic rings. The minimum atomic E-state index is -0.616. The van der Waals surface area contributed by atoms with E-state index in [2.05, 4.69) is 12.0 Å². The van der Waals surface area contributed by atoms with E-state index in [1.807, 2.05) is 7.05 Å². The number of ketones is 1. The first-order chi connectivity index (χ1) is 8.07. The molecule has 0 aliphatic heterocycles. The van der Waals surface area contributed by atoms with Gasteiger partial charge in [-0.2, -0.15) is 5.10 Å². The van der Waals surface area contributed by atoms with Gasteiger partial charge in [0.2, 0.25) is 0 Å². The second-order valence-corrected chi connectivity index (χ2v) is 5.11. The number of carbonyl (C=O) groups is 1. The molecule has 0 amide bonds. The van der Waals surface area contributed by atoms with Gasteiger partial charge in [-0.3, -0.25) is 9.48 Å². The Hall–Kier alpha value is -1.16. The monoisotopic (exact) mass is 236 g/mol. The van der Waals surface area contributed by atoms with E-state index in [0.717, 1.165) is 25.7 Å². The van der Waals surface area contributed by atoms with E-state index in [1.54, 1.807) is 24.2 Å². The fraction of sp³-hybridized carbons (Fsp3) is 0.692. The minimum absolute atomic E-state index is 0.0833. The van der Waals surface area contributed by atoms with Gasteiger partial charge in [-0.25, -0.2) is 0 Å². The Bertz CT molecular complexity index is 403. The number of Topliss-reactive ketones (excluding diaryl/α,β-unsaturated/α-hetero) is 1. The van der Waals surface area contributed by atoms with Crippen molar-refractivity contribution in [3.63, 3.8) is 0 Å². The normalized spacial score (nSPS) is 29.2.